The third-order valence-corrected chi connectivity index (χ3v) is 4.87. The summed E-state index contributed by atoms with van der Waals surface area (Å²) in [5.74, 6) is -0.128. The van der Waals surface area contributed by atoms with E-state index in [4.69, 9.17) is 0 Å². The second-order valence-electron chi connectivity index (χ2n) is 6.41. The van der Waals surface area contributed by atoms with Crippen LogP contribution in [0.3, 0.4) is 0 Å². The van der Waals surface area contributed by atoms with Crippen LogP contribution in [0.25, 0.3) is 0 Å². The smallest absolute Gasteiger partial charge is 0.269 e. The highest BCUT2D eigenvalue weighted by atomic mass is 16.6. The number of ketones is 2. The molecule has 5 heteroatoms. The van der Waals surface area contributed by atoms with Gasteiger partial charge in [0.05, 0.1) is 4.92 Å². The van der Waals surface area contributed by atoms with Crippen molar-refractivity contribution in [2.45, 2.75) is 31.6 Å². The van der Waals surface area contributed by atoms with Gasteiger partial charge in [-0.25, -0.2) is 0 Å². The normalized spacial score (nSPS) is 18.1. The fourth-order valence-electron chi connectivity index (χ4n) is 3.55. The van der Waals surface area contributed by atoms with Crippen LogP contribution < -0.4 is 0 Å². The summed E-state index contributed by atoms with van der Waals surface area (Å²) >= 11 is 0. The summed E-state index contributed by atoms with van der Waals surface area (Å²) in [4.78, 5) is 35.2. The summed E-state index contributed by atoms with van der Waals surface area (Å²) in [6.07, 6.45) is 2.50. The number of benzene rings is 2. The van der Waals surface area contributed by atoms with Crippen molar-refractivity contribution in [1.82, 2.24) is 0 Å². The Morgan fingerprint density at radius 1 is 1.12 bits per heavy atom. The maximum Gasteiger partial charge on any atom is 0.269 e. The number of nitro groups is 1. The summed E-state index contributed by atoms with van der Waals surface area (Å²) < 4.78 is 0. The zero-order valence-electron chi connectivity index (χ0n) is 13.8. The van der Waals surface area contributed by atoms with Crippen LogP contribution in [0, 0.1) is 16.0 Å². The molecule has 0 bridgehead atoms. The minimum absolute atomic E-state index is 0.0397. The second kappa shape index (κ2) is 7.38. The number of non-ortho nitro benzene ring substituents is 1. The molecule has 0 N–H and O–H groups in total. The molecule has 0 amide bonds. The highest BCUT2D eigenvalue weighted by molar-refractivity contribution is 5.97. The fraction of sp³-hybridized carbons (Fsp3) is 0.300. The van der Waals surface area contributed by atoms with Gasteiger partial charge in [-0.1, -0.05) is 30.3 Å². The van der Waals surface area contributed by atoms with E-state index in [1.54, 1.807) is 0 Å². The van der Waals surface area contributed by atoms with Crippen molar-refractivity contribution in [3.8, 4) is 0 Å². The summed E-state index contributed by atoms with van der Waals surface area (Å²) in [6.45, 7) is 0. The summed E-state index contributed by atoms with van der Waals surface area (Å²) in [5, 5.41) is 10.7. The molecular formula is C20H19NO4. The van der Waals surface area contributed by atoms with Gasteiger partial charge in [0.1, 0.15) is 5.78 Å². The minimum Gasteiger partial charge on any atom is -0.299 e. The molecule has 3 rings (SSSR count). The van der Waals surface area contributed by atoms with Crippen molar-refractivity contribution in [1.29, 1.82) is 0 Å². The van der Waals surface area contributed by atoms with Crippen molar-refractivity contribution in [3.05, 3.63) is 75.8 Å². The molecule has 25 heavy (non-hydrogen) atoms. The van der Waals surface area contributed by atoms with Crippen LogP contribution >= 0.6 is 0 Å². The van der Waals surface area contributed by atoms with Gasteiger partial charge in [-0.15, -0.1) is 0 Å². The zero-order valence-corrected chi connectivity index (χ0v) is 13.8. The van der Waals surface area contributed by atoms with E-state index >= 15 is 0 Å². The zero-order chi connectivity index (χ0) is 17.8. The monoisotopic (exact) mass is 337 g/mol. The minimum atomic E-state index is -0.488. The molecule has 2 aromatic rings. The molecule has 1 aliphatic rings. The van der Waals surface area contributed by atoms with Crippen LogP contribution in [0.1, 0.15) is 47.5 Å². The second-order valence-corrected chi connectivity index (χ2v) is 6.41. The number of rotatable bonds is 6. The average molecular weight is 337 g/mol. The molecule has 0 spiro atoms. The highest BCUT2D eigenvalue weighted by Crippen LogP contribution is 2.38. The molecule has 1 aliphatic carbocycles. The van der Waals surface area contributed by atoms with Crippen LogP contribution in [0.4, 0.5) is 5.69 Å². The lowest BCUT2D eigenvalue weighted by Gasteiger charge is -2.22. The van der Waals surface area contributed by atoms with Crippen molar-refractivity contribution >= 4 is 17.3 Å². The lowest BCUT2D eigenvalue weighted by atomic mass is 9.80. The standard InChI is InChI=1S/C20H19NO4/c22-19-8-4-7-17(19)18(14-5-2-1-3-6-14)13-20(23)15-9-11-16(12-10-15)21(24)25/h1-3,5-6,9-12,17-18H,4,7-8,13H2/t17-,18-/m0/s1. The lowest BCUT2D eigenvalue weighted by molar-refractivity contribution is -0.384. The number of carbonyl (C=O) groups excluding carboxylic acids is 2. The predicted molar refractivity (Wildman–Crippen MR) is 93.6 cm³/mol. The Kier molecular flexibility index (Phi) is 5.03. The van der Waals surface area contributed by atoms with E-state index in [0.717, 1.165) is 18.4 Å². The highest BCUT2D eigenvalue weighted by Gasteiger charge is 2.34. The van der Waals surface area contributed by atoms with Crippen molar-refractivity contribution in [3.63, 3.8) is 0 Å². The van der Waals surface area contributed by atoms with Crippen molar-refractivity contribution in [2.24, 2.45) is 5.92 Å². The number of Topliss-reactive ketones (excluding diaryl/α,β-unsaturated/α-hetero) is 2. The lowest BCUT2D eigenvalue weighted by Crippen LogP contribution is -2.20. The largest absolute Gasteiger partial charge is 0.299 e. The Morgan fingerprint density at radius 3 is 2.36 bits per heavy atom. The van der Waals surface area contributed by atoms with E-state index < -0.39 is 4.92 Å². The first-order valence-electron chi connectivity index (χ1n) is 8.41. The molecule has 5 nitrogen and oxygen atoms in total. The Balaban J connectivity index is 1.83. The maximum absolute atomic E-state index is 12.7. The molecule has 0 radical (unpaired) electrons. The van der Waals surface area contributed by atoms with Gasteiger partial charge < -0.3 is 0 Å². The van der Waals surface area contributed by atoms with Crippen LogP contribution in [0.2, 0.25) is 0 Å². The SMILES string of the molecule is O=C(C[C@@H](c1ccccc1)[C@@H]1CCCC1=O)c1ccc([N+](=O)[O-])cc1. The van der Waals surface area contributed by atoms with E-state index in [0.29, 0.717) is 12.0 Å². The molecule has 2 atom stereocenters. The van der Waals surface area contributed by atoms with E-state index in [1.165, 1.54) is 24.3 Å². The van der Waals surface area contributed by atoms with Gasteiger partial charge in [0, 0.05) is 42.4 Å². The number of hydrogen-bond acceptors (Lipinski definition) is 4. The van der Waals surface area contributed by atoms with E-state index in [9.17, 15) is 19.7 Å². The Morgan fingerprint density at radius 2 is 1.80 bits per heavy atom. The summed E-state index contributed by atoms with van der Waals surface area (Å²) in [7, 11) is 0. The molecule has 0 aromatic heterocycles. The van der Waals surface area contributed by atoms with Gasteiger partial charge in [-0.2, -0.15) is 0 Å². The molecule has 0 saturated heterocycles. The van der Waals surface area contributed by atoms with Crippen molar-refractivity contribution in [2.75, 3.05) is 0 Å². The summed E-state index contributed by atoms with van der Waals surface area (Å²) in [5.41, 5.74) is 1.40. The number of nitrogens with zero attached hydrogens (tertiary/aromatic N) is 1. The van der Waals surface area contributed by atoms with Gasteiger partial charge in [0.25, 0.3) is 5.69 Å². The molecule has 2 aromatic carbocycles. The topological polar surface area (TPSA) is 77.3 Å². The first kappa shape index (κ1) is 17.0. The fourth-order valence-corrected chi connectivity index (χ4v) is 3.55. The first-order valence-corrected chi connectivity index (χ1v) is 8.41. The van der Waals surface area contributed by atoms with Gasteiger partial charge in [-0.3, -0.25) is 19.7 Å². The van der Waals surface area contributed by atoms with Crippen LogP contribution in [0.5, 0.6) is 0 Å². The van der Waals surface area contributed by atoms with E-state index in [2.05, 4.69) is 0 Å². The Hall–Kier alpha value is -2.82. The van der Waals surface area contributed by atoms with Gasteiger partial charge in [0.2, 0.25) is 0 Å². The van der Waals surface area contributed by atoms with Crippen LogP contribution in [0.15, 0.2) is 54.6 Å². The van der Waals surface area contributed by atoms with E-state index in [1.807, 2.05) is 30.3 Å². The molecule has 128 valence electrons. The summed E-state index contributed by atoms with van der Waals surface area (Å²) in [6, 6.07) is 15.3. The number of carbonyl (C=O) groups is 2. The molecule has 0 heterocycles. The molecule has 0 aliphatic heterocycles. The van der Waals surface area contributed by atoms with Crippen LogP contribution in [-0.4, -0.2) is 16.5 Å². The first-order chi connectivity index (χ1) is 12.1. The van der Waals surface area contributed by atoms with E-state index in [-0.39, 0.29) is 35.5 Å². The maximum atomic E-state index is 12.7. The number of hydrogen-bond donors (Lipinski definition) is 0. The number of nitro benzene ring substituents is 1. The van der Waals surface area contributed by atoms with Gasteiger partial charge >= 0.3 is 0 Å². The Bertz CT molecular complexity index is 783. The van der Waals surface area contributed by atoms with Crippen LogP contribution in [-0.2, 0) is 4.79 Å². The third kappa shape index (κ3) is 3.82. The average Bonchev–Trinajstić information content (AvgIpc) is 3.06. The Labute approximate surface area is 145 Å². The predicted octanol–water partition coefficient (Wildman–Crippen LogP) is 4.32. The van der Waals surface area contributed by atoms with Crippen molar-refractivity contribution < 1.29 is 14.5 Å². The third-order valence-electron chi connectivity index (χ3n) is 4.87. The molecule has 0 unspecified atom stereocenters. The molecular weight excluding hydrogens is 318 g/mol. The quantitative estimate of drug-likeness (QED) is 0.447. The molecule has 1 fully saturated rings. The van der Waals surface area contributed by atoms with Gasteiger partial charge in [0.15, 0.2) is 5.78 Å². The molecule has 1 saturated carbocycles. The van der Waals surface area contributed by atoms with Gasteiger partial charge in [-0.05, 0) is 30.5 Å².